The van der Waals surface area contributed by atoms with Gasteiger partial charge < -0.3 is 14.8 Å². The van der Waals surface area contributed by atoms with Crippen molar-refractivity contribution in [3.63, 3.8) is 0 Å². The van der Waals surface area contributed by atoms with Crippen LogP contribution in [0.15, 0.2) is 0 Å². The number of hydrogen-bond acceptors (Lipinski definition) is 4. The van der Waals surface area contributed by atoms with Crippen LogP contribution in [0.4, 0.5) is 4.79 Å². The minimum Gasteiger partial charge on any atom is -0.463 e. The first kappa shape index (κ1) is 14.8. The van der Waals surface area contributed by atoms with Gasteiger partial charge in [0.05, 0.1) is 12.5 Å². The minimum absolute atomic E-state index is 0.114. The van der Waals surface area contributed by atoms with Crippen LogP contribution in [0.1, 0.15) is 20.8 Å². The number of esters is 1. The third kappa shape index (κ3) is 5.89. The number of amides is 1. The molecule has 0 bridgehead atoms. The van der Waals surface area contributed by atoms with Gasteiger partial charge in [-0.25, -0.2) is 4.79 Å². The first-order valence-electron chi connectivity index (χ1n) is 5.74. The van der Waals surface area contributed by atoms with Gasteiger partial charge in [0.15, 0.2) is 0 Å². The van der Waals surface area contributed by atoms with Crippen molar-refractivity contribution < 1.29 is 19.1 Å². The van der Waals surface area contributed by atoms with Crippen molar-refractivity contribution in [3.8, 4) is 0 Å². The fraction of sp³-hybridized carbons (Fsp3) is 0.462. The molecule has 0 heterocycles. The van der Waals surface area contributed by atoms with E-state index < -0.39 is 17.7 Å². The third-order valence-electron chi connectivity index (χ3n) is 1.90. The molecule has 0 saturated heterocycles. The molecule has 0 aromatic rings. The molecule has 1 saturated carbocycles. The summed E-state index contributed by atoms with van der Waals surface area (Å²) in [5.74, 6) is 0.109. The lowest BCUT2D eigenvalue weighted by molar-refractivity contribution is -0.140. The Balaban J connectivity index is 2.07. The predicted molar refractivity (Wildman–Crippen MR) is 65.6 cm³/mol. The van der Waals surface area contributed by atoms with Gasteiger partial charge in [-0.3, -0.25) is 4.79 Å². The van der Waals surface area contributed by atoms with E-state index in [4.69, 9.17) is 9.47 Å². The van der Waals surface area contributed by atoms with E-state index in [1.807, 2.05) is 0 Å². The molecule has 0 aromatic heterocycles. The Kier molecular flexibility index (Phi) is 5.44. The molecular formula is C13H18NO4. The summed E-state index contributed by atoms with van der Waals surface area (Å²) in [6, 6.07) is 0. The maximum atomic E-state index is 11.4. The van der Waals surface area contributed by atoms with Crippen molar-refractivity contribution in [1.82, 2.24) is 5.32 Å². The van der Waals surface area contributed by atoms with Gasteiger partial charge in [0, 0.05) is 0 Å². The van der Waals surface area contributed by atoms with Gasteiger partial charge in [-0.05, 0) is 46.5 Å². The maximum absolute atomic E-state index is 11.4. The number of nitrogens with one attached hydrogen (secondary N) is 1. The van der Waals surface area contributed by atoms with Crippen LogP contribution in [0, 0.1) is 31.6 Å². The molecule has 0 unspecified atom stereocenters. The summed E-state index contributed by atoms with van der Waals surface area (Å²) in [7, 11) is 0. The molecule has 0 spiro atoms. The predicted octanol–water partition coefficient (Wildman–Crippen LogP) is 1.46. The monoisotopic (exact) mass is 252 g/mol. The Morgan fingerprint density at radius 3 is 2.39 bits per heavy atom. The first-order valence-corrected chi connectivity index (χ1v) is 5.74. The molecule has 1 N–H and O–H groups in total. The van der Waals surface area contributed by atoms with Gasteiger partial charge in [-0.2, -0.15) is 0 Å². The Labute approximate surface area is 108 Å². The smallest absolute Gasteiger partial charge is 0.407 e. The lowest BCUT2D eigenvalue weighted by Gasteiger charge is -2.19. The SMILES string of the molecule is CC(C)(C)OC(=O)NCCOC(=O)[C]1[CH][CH][CH][CH]1. The van der Waals surface area contributed by atoms with E-state index in [1.54, 1.807) is 46.5 Å². The van der Waals surface area contributed by atoms with E-state index >= 15 is 0 Å². The van der Waals surface area contributed by atoms with Crippen molar-refractivity contribution in [2.45, 2.75) is 26.4 Å². The van der Waals surface area contributed by atoms with Gasteiger partial charge in [0.2, 0.25) is 0 Å². The summed E-state index contributed by atoms with van der Waals surface area (Å²) in [6.07, 6.45) is 6.34. The van der Waals surface area contributed by atoms with Crippen LogP contribution < -0.4 is 5.32 Å². The minimum atomic E-state index is -0.532. The van der Waals surface area contributed by atoms with Crippen LogP contribution in [-0.4, -0.2) is 30.8 Å². The van der Waals surface area contributed by atoms with Gasteiger partial charge >= 0.3 is 12.1 Å². The maximum Gasteiger partial charge on any atom is 0.407 e. The van der Waals surface area contributed by atoms with Crippen LogP contribution in [0.2, 0.25) is 0 Å². The highest BCUT2D eigenvalue weighted by molar-refractivity contribution is 5.91. The Hall–Kier alpha value is -1.26. The molecule has 18 heavy (non-hydrogen) atoms. The highest BCUT2D eigenvalue weighted by Crippen LogP contribution is 2.23. The molecule has 0 aromatic carbocycles. The lowest BCUT2D eigenvalue weighted by Crippen LogP contribution is -2.34. The van der Waals surface area contributed by atoms with Crippen molar-refractivity contribution in [2.24, 2.45) is 0 Å². The molecule has 5 nitrogen and oxygen atoms in total. The standard InChI is InChI=1S/C13H18NO4/c1-13(2,3)18-12(16)14-8-9-17-11(15)10-6-4-5-7-10/h4-7H,8-9H2,1-3H3,(H,14,16). The fourth-order valence-corrected chi connectivity index (χ4v) is 1.20. The van der Waals surface area contributed by atoms with E-state index in [-0.39, 0.29) is 13.2 Å². The van der Waals surface area contributed by atoms with Crippen LogP contribution in [-0.2, 0) is 14.3 Å². The highest BCUT2D eigenvalue weighted by Gasteiger charge is 2.25. The van der Waals surface area contributed by atoms with E-state index in [2.05, 4.69) is 5.32 Å². The number of ether oxygens (including phenoxy) is 2. The Morgan fingerprint density at radius 1 is 1.22 bits per heavy atom. The second-order valence-electron chi connectivity index (χ2n) is 4.74. The zero-order chi connectivity index (χ0) is 13.6. The van der Waals surface area contributed by atoms with Gasteiger partial charge in [0.25, 0.3) is 0 Å². The zero-order valence-corrected chi connectivity index (χ0v) is 10.9. The first-order chi connectivity index (χ1) is 8.38. The molecule has 1 fully saturated rings. The highest BCUT2D eigenvalue weighted by atomic mass is 16.6. The van der Waals surface area contributed by atoms with Crippen molar-refractivity contribution >= 4 is 12.1 Å². The molecular weight excluding hydrogens is 234 g/mol. The number of rotatable bonds is 4. The quantitative estimate of drug-likeness (QED) is 0.607. The molecule has 99 valence electrons. The normalized spacial score (nSPS) is 16.4. The van der Waals surface area contributed by atoms with E-state index in [0.717, 1.165) is 0 Å². The van der Waals surface area contributed by atoms with E-state index in [1.165, 1.54) is 0 Å². The number of carbonyl (C=O) groups is 2. The third-order valence-corrected chi connectivity index (χ3v) is 1.90. The molecule has 0 aliphatic heterocycles. The van der Waals surface area contributed by atoms with Gasteiger partial charge in [-0.1, -0.05) is 0 Å². The summed E-state index contributed by atoms with van der Waals surface area (Å²) >= 11 is 0. The molecule has 5 radical (unpaired) electrons. The fourth-order valence-electron chi connectivity index (χ4n) is 1.20. The summed E-state index contributed by atoms with van der Waals surface area (Å²) in [5, 5.41) is 2.50. The largest absolute Gasteiger partial charge is 0.463 e. The van der Waals surface area contributed by atoms with E-state index in [0.29, 0.717) is 5.92 Å². The summed E-state index contributed by atoms with van der Waals surface area (Å²) in [6.45, 7) is 5.68. The zero-order valence-electron chi connectivity index (χ0n) is 10.9. The summed E-state index contributed by atoms with van der Waals surface area (Å²) in [5.41, 5.74) is -0.532. The second-order valence-corrected chi connectivity index (χ2v) is 4.74. The molecule has 1 rings (SSSR count). The van der Waals surface area contributed by atoms with Crippen LogP contribution in [0.3, 0.4) is 0 Å². The molecule has 1 aliphatic carbocycles. The topological polar surface area (TPSA) is 64.6 Å². The molecule has 5 heteroatoms. The van der Waals surface area contributed by atoms with Crippen molar-refractivity contribution in [2.75, 3.05) is 13.2 Å². The Bertz CT molecular complexity index is 290. The second kappa shape index (κ2) is 6.61. The number of alkyl carbamates (subject to hydrolysis) is 1. The molecule has 1 amide bonds. The van der Waals surface area contributed by atoms with Crippen molar-refractivity contribution in [3.05, 3.63) is 31.6 Å². The molecule has 0 atom stereocenters. The molecule has 1 aliphatic rings. The van der Waals surface area contributed by atoms with Crippen LogP contribution in [0.25, 0.3) is 0 Å². The Morgan fingerprint density at radius 2 is 1.83 bits per heavy atom. The van der Waals surface area contributed by atoms with Gasteiger partial charge in [-0.15, -0.1) is 0 Å². The average molecular weight is 252 g/mol. The van der Waals surface area contributed by atoms with Crippen LogP contribution >= 0.6 is 0 Å². The van der Waals surface area contributed by atoms with Gasteiger partial charge in [0.1, 0.15) is 12.2 Å². The van der Waals surface area contributed by atoms with Crippen molar-refractivity contribution in [1.29, 1.82) is 0 Å². The van der Waals surface area contributed by atoms with E-state index in [9.17, 15) is 9.59 Å². The summed E-state index contributed by atoms with van der Waals surface area (Å²) in [4.78, 5) is 22.7. The number of hydrogen-bond donors (Lipinski definition) is 1. The summed E-state index contributed by atoms with van der Waals surface area (Å²) < 4.78 is 9.98. The lowest BCUT2D eigenvalue weighted by atomic mass is 10.1. The van der Waals surface area contributed by atoms with Crippen LogP contribution in [0.5, 0.6) is 0 Å². The number of carbonyl (C=O) groups excluding carboxylic acids is 2. The average Bonchev–Trinajstić information content (AvgIpc) is 2.74.